The van der Waals surface area contributed by atoms with Crippen molar-refractivity contribution in [1.82, 2.24) is 19.9 Å². The van der Waals surface area contributed by atoms with Crippen molar-refractivity contribution in [3.8, 4) is 0 Å². The molecular formula is C11H14N4O3. The van der Waals surface area contributed by atoms with Crippen LogP contribution in [0.25, 0.3) is 11.0 Å². The second-order valence-corrected chi connectivity index (χ2v) is 4.60. The summed E-state index contributed by atoms with van der Waals surface area (Å²) < 4.78 is 0. The Bertz CT molecular complexity index is 610. The minimum atomic E-state index is -0.702. The van der Waals surface area contributed by atoms with Crippen LogP contribution in [-0.2, 0) is 6.54 Å². The number of hydrogen-bond donors (Lipinski definition) is 4. The fourth-order valence-corrected chi connectivity index (χ4v) is 2.34. The fourth-order valence-electron chi connectivity index (χ4n) is 2.34. The van der Waals surface area contributed by atoms with Gasteiger partial charge in [-0.3, -0.25) is 9.69 Å². The molecule has 4 N–H and O–H groups in total. The molecule has 0 radical (unpaired) electrons. The van der Waals surface area contributed by atoms with E-state index in [1.165, 1.54) is 6.33 Å². The van der Waals surface area contributed by atoms with Gasteiger partial charge in [-0.1, -0.05) is 0 Å². The molecule has 2 aromatic rings. The molecule has 1 aliphatic heterocycles. The Morgan fingerprint density at radius 1 is 1.33 bits per heavy atom. The van der Waals surface area contributed by atoms with Gasteiger partial charge in [-0.25, -0.2) is 4.98 Å². The minimum Gasteiger partial charge on any atom is -0.389 e. The normalized spacial score (nSPS) is 25.0. The van der Waals surface area contributed by atoms with Crippen LogP contribution in [0.3, 0.4) is 0 Å². The van der Waals surface area contributed by atoms with E-state index >= 15 is 0 Å². The van der Waals surface area contributed by atoms with Gasteiger partial charge in [0, 0.05) is 31.4 Å². The van der Waals surface area contributed by atoms with E-state index in [4.69, 9.17) is 0 Å². The van der Waals surface area contributed by atoms with Gasteiger partial charge in [-0.2, -0.15) is 0 Å². The number of aromatic amines is 2. The summed E-state index contributed by atoms with van der Waals surface area (Å²) >= 11 is 0. The highest BCUT2D eigenvalue weighted by atomic mass is 16.3. The third-order valence-electron chi connectivity index (χ3n) is 3.28. The Morgan fingerprint density at radius 3 is 2.78 bits per heavy atom. The molecule has 0 unspecified atom stereocenters. The number of aliphatic hydroxyl groups is 2. The second kappa shape index (κ2) is 4.20. The van der Waals surface area contributed by atoms with Crippen molar-refractivity contribution in [2.24, 2.45) is 0 Å². The first-order chi connectivity index (χ1) is 8.65. The van der Waals surface area contributed by atoms with Crippen LogP contribution in [-0.4, -0.2) is 55.4 Å². The lowest BCUT2D eigenvalue weighted by Gasteiger charge is -2.13. The largest absolute Gasteiger partial charge is 0.389 e. The van der Waals surface area contributed by atoms with Gasteiger partial charge in [0.2, 0.25) is 0 Å². The molecule has 18 heavy (non-hydrogen) atoms. The maximum atomic E-state index is 11.5. The van der Waals surface area contributed by atoms with Gasteiger partial charge >= 0.3 is 0 Å². The zero-order chi connectivity index (χ0) is 12.7. The summed E-state index contributed by atoms with van der Waals surface area (Å²) in [4.78, 5) is 23.0. The Morgan fingerprint density at radius 2 is 2.06 bits per heavy atom. The average molecular weight is 250 g/mol. The van der Waals surface area contributed by atoms with E-state index in [1.807, 2.05) is 4.90 Å². The monoisotopic (exact) mass is 250 g/mol. The molecule has 0 aromatic carbocycles. The third kappa shape index (κ3) is 1.82. The number of aliphatic hydroxyl groups excluding tert-OH is 2. The number of aromatic nitrogens is 3. The number of β-amino-alcohol motifs (C(OH)–C–C–N with tert-alkyl or cyclic N) is 2. The van der Waals surface area contributed by atoms with Crippen molar-refractivity contribution < 1.29 is 10.2 Å². The summed E-state index contributed by atoms with van der Waals surface area (Å²) in [6.45, 7) is 1.40. The van der Waals surface area contributed by atoms with Crippen LogP contribution in [0.5, 0.6) is 0 Å². The maximum absolute atomic E-state index is 11.5. The number of likely N-dealkylation sites (tertiary alicyclic amines) is 1. The topological polar surface area (TPSA) is 105 Å². The molecule has 0 bridgehead atoms. The summed E-state index contributed by atoms with van der Waals surface area (Å²) in [5, 5.41) is 19.0. The van der Waals surface area contributed by atoms with Crippen molar-refractivity contribution >= 4 is 11.0 Å². The second-order valence-electron chi connectivity index (χ2n) is 4.60. The lowest BCUT2D eigenvalue weighted by atomic mass is 10.2. The number of nitrogens with one attached hydrogen (secondary N) is 2. The predicted molar refractivity (Wildman–Crippen MR) is 64.0 cm³/mol. The molecule has 3 rings (SSSR count). The zero-order valence-electron chi connectivity index (χ0n) is 9.63. The number of H-pyrrole nitrogens is 2. The van der Waals surface area contributed by atoms with Crippen LogP contribution in [0.4, 0.5) is 0 Å². The van der Waals surface area contributed by atoms with E-state index in [9.17, 15) is 15.0 Å². The zero-order valence-corrected chi connectivity index (χ0v) is 9.63. The molecule has 96 valence electrons. The number of hydrogen-bond acceptors (Lipinski definition) is 5. The SMILES string of the molecule is O=c1[nH]cnc2c(CN3C[C@@H](O)[C@H](O)C3)c[nH]c12. The molecule has 0 aliphatic carbocycles. The quantitative estimate of drug-likeness (QED) is 0.535. The Kier molecular flexibility index (Phi) is 2.66. The average Bonchev–Trinajstić information content (AvgIpc) is 2.86. The summed E-state index contributed by atoms with van der Waals surface area (Å²) in [7, 11) is 0. The lowest BCUT2D eigenvalue weighted by molar-refractivity contribution is 0.0572. The van der Waals surface area contributed by atoms with E-state index in [0.29, 0.717) is 30.7 Å². The van der Waals surface area contributed by atoms with E-state index in [-0.39, 0.29) is 5.56 Å². The highest BCUT2D eigenvalue weighted by Crippen LogP contribution is 2.18. The summed E-state index contributed by atoms with van der Waals surface area (Å²) in [5.41, 5.74) is 1.77. The van der Waals surface area contributed by atoms with E-state index in [1.54, 1.807) is 6.20 Å². The van der Waals surface area contributed by atoms with Gasteiger partial charge in [-0.05, 0) is 0 Å². The molecule has 1 saturated heterocycles. The molecule has 7 heteroatoms. The smallest absolute Gasteiger partial charge is 0.275 e. The van der Waals surface area contributed by atoms with E-state index in [2.05, 4.69) is 15.0 Å². The number of fused-ring (bicyclic) bond motifs is 1. The fraction of sp³-hybridized carbons (Fsp3) is 0.455. The third-order valence-corrected chi connectivity index (χ3v) is 3.28. The predicted octanol–water partition coefficient (Wildman–Crippen LogP) is -1.21. The molecule has 0 amide bonds. The van der Waals surface area contributed by atoms with Crippen LogP contribution in [0, 0.1) is 0 Å². The number of rotatable bonds is 2. The Labute approximate surface area is 102 Å². The van der Waals surface area contributed by atoms with Gasteiger partial charge in [0.05, 0.1) is 24.1 Å². The Balaban J connectivity index is 1.88. The molecule has 0 spiro atoms. The molecule has 0 saturated carbocycles. The van der Waals surface area contributed by atoms with Gasteiger partial charge in [0.1, 0.15) is 5.52 Å². The maximum Gasteiger partial charge on any atom is 0.275 e. The van der Waals surface area contributed by atoms with Crippen molar-refractivity contribution in [1.29, 1.82) is 0 Å². The molecular weight excluding hydrogens is 236 g/mol. The van der Waals surface area contributed by atoms with Gasteiger partial charge in [0.15, 0.2) is 0 Å². The van der Waals surface area contributed by atoms with Crippen LogP contribution < -0.4 is 5.56 Å². The van der Waals surface area contributed by atoms with Gasteiger partial charge in [-0.15, -0.1) is 0 Å². The highest BCUT2D eigenvalue weighted by molar-refractivity contribution is 5.77. The molecule has 1 aliphatic rings. The van der Waals surface area contributed by atoms with Crippen LogP contribution in [0.1, 0.15) is 5.56 Å². The Hall–Kier alpha value is -1.70. The van der Waals surface area contributed by atoms with Crippen molar-refractivity contribution in [3.63, 3.8) is 0 Å². The van der Waals surface area contributed by atoms with Crippen LogP contribution >= 0.6 is 0 Å². The highest BCUT2D eigenvalue weighted by Gasteiger charge is 2.29. The van der Waals surface area contributed by atoms with Gasteiger partial charge in [0.25, 0.3) is 5.56 Å². The van der Waals surface area contributed by atoms with Crippen molar-refractivity contribution in [3.05, 3.63) is 28.4 Å². The lowest BCUT2D eigenvalue weighted by Crippen LogP contribution is -2.22. The van der Waals surface area contributed by atoms with E-state index in [0.717, 1.165) is 5.56 Å². The first kappa shape index (κ1) is 11.4. The number of nitrogens with zero attached hydrogens (tertiary/aromatic N) is 2. The molecule has 2 atom stereocenters. The molecule has 3 heterocycles. The van der Waals surface area contributed by atoms with Gasteiger partial charge < -0.3 is 20.2 Å². The van der Waals surface area contributed by atoms with E-state index < -0.39 is 12.2 Å². The first-order valence-corrected chi connectivity index (χ1v) is 5.77. The summed E-state index contributed by atoms with van der Waals surface area (Å²) in [6.07, 6.45) is 1.71. The molecule has 7 nitrogen and oxygen atoms in total. The summed E-state index contributed by atoms with van der Waals surface area (Å²) in [5.74, 6) is 0. The molecule has 2 aromatic heterocycles. The molecule has 1 fully saturated rings. The van der Waals surface area contributed by atoms with Crippen molar-refractivity contribution in [2.45, 2.75) is 18.8 Å². The minimum absolute atomic E-state index is 0.201. The first-order valence-electron chi connectivity index (χ1n) is 5.77. The van der Waals surface area contributed by atoms with Crippen LogP contribution in [0.2, 0.25) is 0 Å². The van der Waals surface area contributed by atoms with Crippen molar-refractivity contribution in [2.75, 3.05) is 13.1 Å². The van der Waals surface area contributed by atoms with Crippen LogP contribution in [0.15, 0.2) is 17.3 Å². The summed E-state index contributed by atoms with van der Waals surface area (Å²) in [6, 6.07) is 0. The standard InChI is InChI=1S/C11H14N4O3/c16-7-3-15(4-8(7)17)2-6-1-12-10-9(6)13-5-14-11(10)18/h1,5,7-8,12,16-17H,2-4H2,(H,13,14,18)/t7-,8-/m1/s1.